The molecule has 0 spiro atoms. The zero-order valence-corrected chi connectivity index (χ0v) is 86.0. The van der Waals surface area contributed by atoms with Crippen molar-refractivity contribution in [3.63, 3.8) is 0 Å². The van der Waals surface area contributed by atoms with Gasteiger partial charge in [0.15, 0.2) is 0 Å². The quantitative estimate of drug-likeness (QED) is 0.0438. The fourth-order valence-corrected chi connectivity index (χ4v) is 19.1. The average molecular weight is 1660 g/mol. The van der Waals surface area contributed by atoms with Crippen molar-refractivity contribution in [2.75, 3.05) is 0 Å². The molecule has 4 bridgehead atoms. The second-order valence-electron chi connectivity index (χ2n) is 44.7. The van der Waals surface area contributed by atoms with Crippen molar-refractivity contribution in [3.8, 4) is 46.0 Å². The van der Waals surface area contributed by atoms with Gasteiger partial charge in [0.1, 0.15) is 46.0 Å². The van der Waals surface area contributed by atoms with Crippen molar-refractivity contribution in [2.24, 2.45) is 0 Å². The van der Waals surface area contributed by atoms with E-state index in [4.69, 9.17) is 35.4 Å². The first-order valence-electron chi connectivity index (χ1n) is 41.6. The van der Waals surface area contributed by atoms with Crippen LogP contribution < -0.4 is 35.4 Å². The van der Waals surface area contributed by atoms with Gasteiger partial charge < -0.3 is 35.4 Å². The minimum atomic E-state index is -2.25. The minimum Gasteiger partial charge on any atom is -0.543 e. The van der Waals surface area contributed by atoms with Crippen LogP contribution in [0, 0.1) is 0 Å². The number of hydrogen-bond donors (Lipinski definition) is 0. The lowest BCUT2D eigenvalue weighted by atomic mass is 9.86. The Morgan fingerprint density at radius 2 is 0.295 bits per heavy atom. The Bertz CT molecular complexity index is 3700. The van der Waals surface area contributed by atoms with Gasteiger partial charge in [-0.15, -0.1) is 0 Å². The molecule has 0 fully saturated rings. The summed E-state index contributed by atoms with van der Waals surface area (Å²) < 4.78 is 57.4. The molecule has 112 heavy (non-hydrogen) atoms. The van der Waals surface area contributed by atoms with Gasteiger partial charge >= 0.3 is 0 Å². The lowest BCUT2D eigenvalue weighted by Gasteiger charge is -2.38. The first-order chi connectivity index (χ1) is 50.4. The molecule has 0 radical (unpaired) electrons. The van der Waals surface area contributed by atoms with Gasteiger partial charge in [-0.05, 0) is 286 Å². The molecule has 6 aromatic rings. The maximum Gasteiger partial charge on any atom is 0.250 e. The summed E-state index contributed by atoms with van der Waals surface area (Å²) in [7, 11) is -18.0. The molecule has 0 unspecified atom stereocenters. The van der Waals surface area contributed by atoms with E-state index in [1.54, 1.807) is 0 Å². The average Bonchev–Trinajstić information content (AvgIpc) is 0.830. The van der Waals surface area contributed by atoms with Crippen molar-refractivity contribution in [1.29, 1.82) is 0 Å². The van der Waals surface area contributed by atoms with E-state index in [2.05, 4.69) is 417 Å². The summed E-state index contributed by atoms with van der Waals surface area (Å²) in [5.74, 6) is 6.87. The molecule has 616 valence electrons. The van der Waals surface area contributed by atoms with Crippen LogP contribution in [0.15, 0.2) is 97.1 Å². The van der Waals surface area contributed by atoms with Crippen LogP contribution in [0.1, 0.15) is 233 Å². The van der Waals surface area contributed by atoms with E-state index in [9.17, 15) is 0 Å². The normalized spacial score (nSPS) is 14.9. The van der Waals surface area contributed by atoms with Crippen LogP contribution in [0.3, 0.4) is 0 Å². The SMILES string of the molecule is CC(C)(C)[Si](C)(C)Oc1cc(/C=C\c2cc3c(/C=C/c4cc(O[Si](C)(C)C(C)(C)C)cc(O[Si](C)(C)C(C)(C)C)c4)cc2CCc2cc(/C=C/c4cc(O[Si](C)(C)C(C)(C)C)cc(O[Si](C)(C)C(C)(C)C)c4)c(cc2/C=C/c2cc(O[Si](C)(C)C(C)(C)C)cc(O[Si](C)(C)C(C)(C)C)c2)CC3)cc(O[Si](C)(C)C(C)(C)C)c1. The third-order valence-corrected chi connectivity index (χ3v) is 61.9. The highest BCUT2D eigenvalue weighted by Crippen LogP contribution is 2.48. The van der Waals surface area contributed by atoms with Crippen LogP contribution in [0.25, 0.3) is 48.6 Å². The number of benzene rings is 6. The molecule has 0 aliphatic heterocycles. The van der Waals surface area contributed by atoms with E-state index in [-0.39, 0.29) is 40.3 Å². The molecule has 10 rings (SSSR count). The predicted molar refractivity (Wildman–Crippen MR) is 512 cm³/mol. The highest BCUT2D eigenvalue weighted by Gasteiger charge is 2.46. The summed E-state index contributed by atoms with van der Waals surface area (Å²) in [6.45, 7) is 92.6. The van der Waals surface area contributed by atoms with Crippen molar-refractivity contribution in [1.82, 2.24) is 0 Å². The van der Waals surface area contributed by atoms with Crippen molar-refractivity contribution >= 4 is 115 Å². The van der Waals surface area contributed by atoms with Gasteiger partial charge in [-0.3, -0.25) is 0 Å². The van der Waals surface area contributed by atoms with Gasteiger partial charge in [0.05, 0.1) is 0 Å². The van der Waals surface area contributed by atoms with Crippen molar-refractivity contribution in [3.05, 3.63) is 164 Å². The molecule has 0 heterocycles. The van der Waals surface area contributed by atoms with Gasteiger partial charge in [-0.2, -0.15) is 0 Å². The Labute approximate surface area is 692 Å². The highest BCUT2D eigenvalue weighted by molar-refractivity contribution is 6.78. The predicted octanol–water partition coefficient (Wildman–Crippen LogP) is 31.3. The first kappa shape index (κ1) is 93.6. The zero-order chi connectivity index (χ0) is 85.0. The second kappa shape index (κ2) is 33.1. The standard InChI is InChI=1S/C96H152O8Si8/c1-89(2,3)105(25,26)97-81-53-69(54-82(65-81)98-106(27,28)90(4,5)6)41-45-73-61-78-51-52-80-64-75(47-43-71-57-85(101-109(33,34)93(13,14)15)67-86(58-71)102-110(35,36)94(16,17)18)79(63-76(80)48-44-72-59-87(103-111(37,38)95(19,20)21)68-88(60-72)104-112(39,40)96(22,23)24)50-49-77(73)62-74(78)46-42-70-55-83(99-107(29,30)91(7,8)9)66-84(56-70)100-108(31,32)92(10,11)12/h41-48,53-68H,49-52H2,1-40H3/b45-41-,46-42+,47-43+,48-44+. The maximum absolute atomic E-state index is 7.17. The molecule has 0 N–H and O–H groups in total. The Balaban J connectivity index is 1.53. The van der Waals surface area contributed by atoms with E-state index in [1.807, 2.05) is 0 Å². The molecule has 4 aliphatic rings. The topological polar surface area (TPSA) is 73.8 Å². The summed E-state index contributed by atoms with van der Waals surface area (Å²) in [6, 6.07) is 36.3. The summed E-state index contributed by atoms with van der Waals surface area (Å²) in [5.41, 5.74) is 14.0. The molecule has 0 aromatic heterocycles. The lowest BCUT2D eigenvalue weighted by molar-refractivity contribution is 0.474. The van der Waals surface area contributed by atoms with Gasteiger partial charge in [0, 0.05) is 24.3 Å². The summed E-state index contributed by atoms with van der Waals surface area (Å²) in [5, 5.41) is 0.0165. The van der Waals surface area contributed by atoms with E-state index in [1.165, 1.54) is 44.5 Å². The molecule has 16 heteroatoms. The van der Waals surface area contributed by atoms with E-state index in [0.717, 1.165) is 93.9 Å². The Hall–Kier alpha value is -5.58. The zero-order valence-electron chi connectivity index (χ0n) is 78.0. The molecule has 6 aromatic carbocycles. The van der Waals surface area contributed by atoms with Crippen molar-refractivity contribution < 1.29 is 35.4 Å². The summed E-state index contributed by atoms with van der Waals surface area (Å²) in [4.78, 5) is 0. The van der Waals surface area contributed by atoms with Crippen LogP contribution in [-0.4, -0.2) is 66.5 Å². The third kappa shape index (κ3) is 23.8. The van der Waals surface area contributed by atoms with E-state index in [0.29, 0.717) is 0 Å². The van der Waals surface area contributed by atoms with Crippen molar-refractivity contribution in [2.45, 2.75) is 337 Å². The maximum atomic E-state index is 7.17. The summed E-state index contributed by atoms with van der Waals surface area (Å²) in [6.07, 6.45) is 21.7. The molecule has 0 saturated heterocycles. The van der Waals surface area contributed by atoms with Gasteiger partial charge in [0.2, 0.25) is 66.5 Å². The van der Waals surface area contributed by atoms with E-state index < -0.39 is 66.5 Å². The monoisotopic (exact) mass is 1660 g/mol. The number of aryl methyl sites for hydroxylation is 4. The lowest BCUT2D eigenvalue weighted by Crippen LogP contribution is -2.44. The van der Waals surface area contributed by atoms with Gasteiger partial charge in [0.25, 0.3) is 0 Å². The smallest absolute Gasteiger partial charge is 0.250 e. The Kier molecular flexibility index (Phi) is 27.6. The van der Waals surface area contributed by atoms with Gasteiger partial charge in [-0.25, -0.2) is 0 Å². The molecule has 8 nitrogen and oxygen atoms in total. The second-order valence-corrected chi connectivity index (χ2v) is 82.5. The van der Waals surface area contributed by atoms with Crippen LogP contribution in [0.5, 0.6) is 46.0 Å². The fourth-order valence-electron chi connectivity index (χ4n) is 11.0. The number of hydrogen-bond acceptors (Lipinski definition) is 8. The van der Waals surface area contributed by atoms with Gasteiger partial charge in [-0.1, -0.05) is 239 Å². The third-order valence-electron chi connectivity index (χ3n) is 27.0. The molecule has 0 saturated carbocycles. The molecular weight excluding hydrogens is 1510 g/mol. The van der Waals surface area contributed by atoms with E-state index >= 15 is 0 Å². The van der Waals surface area contributed by atoms with Crippen LogP contribution in [0.2, 0.25) is 145 Å². The van der Waals surface area contributed by atoms with Crippen LogP contribution in [-0.2, 0) is 25.7 Å². The number of rotatable bonds is 24. The van der Waals surface area contributed by atoms with Crippen LogP contribution in [0.4, 0.5) is 0 Å². The summed E-state index contributed by atoms with van der Waals surface area (Å²) >= 11 is 0. The molecule has 4 aliphatic carbocycles. The van der Waals surface area contributed by atoms with Crippen LogP contribution >= 0.6 is 0 Å². The molecular formula is C96H152O8Si8. The molecule has 0 amide bonds. The Morgan fingerprint density at radius 3 is 0.402 bits per heavy atom. The minimum absolute atomic E-state index is 0.00207. The molecule has 0 atom stereocenters. The highest BCUT2D eigenvalue weighted by atomic mass is 28.4. The fraction of sp³-hybridized carbons (Fsp3) is 0.542. The Morgan fingerprint density at radius 1 is 0.179 bits per heavy atom. The largest absolute Gasteiger partial charge is 0.543 e. The first-order valence-corrected chi connectivity index (χ1v) is 64.8.